The number of amides is 1. The number of aromatic amines is 1. The number of para-hydroxylation sites is 2. The van der Waals surface area contributed by atoms with E-state index in [1.165, 1.54) is 17.0 Å². The summed E-state index contributed by atoms with van der Waals surface area (Å²) in [5.41, 5.74) is 3.74. The van der Waals surface area contributed by atoms with Gasteiger partial charge in [0.2, 0.25) is 5.88 Å². The number of anilines is 2. The Kier molecular flexibility index (Phi) is 6.87. The van der Waals surface area contributed by atoms with Crippen molar-refractivity contribution >= 4 is 28.5 Å². The lowest BCUT2D eigenvalue weighted by Gasteiger charge is -2.22. The quantitative estimate of drug-likeness (QED) is 0.242. The van der Waals surface area contributed by atoms with Crippen molar-refractivity contribution in [3.8, 4) is 17.1 Å². The number of hydrogen-bond acceptors (Lipinski definition) is 6. The van der Waals surface area contributed by atoms with Crippen LogP contribution in [0.3, 0.4) is 0 Å². The van der Waals surface area contributed by atoms with Gasteiger partial charge in [-0.25, -0.2) is 23.5 Å². The molecule has 6 aromatic rings. The molecule has 41 heavy (non-hydrogen) atoms. The first-order valence-corrected chi connectivity index (χ1v) is 12.7. The van der Waals surface area contributed by atoms with E-state index in [4.69, 9.17) is 4.74 Å². The van der Waals surface area contributed by atoms with Crippen LogP contribution >= 0.6 is 0 Å². The molecule has 0 aliphatic heterocycles. The number of halogens is 2. The molecule has 1 amide bonds. The Morgan fingerprint density at radius 2 is 1.54 bits per heavy atom. The molecule has 0 spiro atoms. The van der Waals surface area contributed by atoms with Crippen molar-refractivity contribution in [3.05, 3.63) is 126 Å². The van der Waals surface area contributed by atoms with Gasteiger partial charge < -0.3 is 4.74 Å². The van der Waals surface area contributed by atoms with Crippen molar-refractivity contribution in [3.63, 3.8) is 0 Å². The number of fused-ring (bicyclic) bond motifs is 1. The number of aromatic nitrogens is 5. The summed E-state index contributed by atoms with van der Waals surface area (Å²) < 4.78 is 33.2. The smallest absolute Gasteiger partial charge is 0.390 e. The number of aryl methyl sites for hydroxylation is 1. The van der Waals surface area contributed by atoms with E-state index in [1.807, 2.05) is 60.7 Å². The molecule has 0 aliphatic carbocycles. The predicted octanol–water partition coefficient (Wildman–Crippen LogP) is 6.93. The number of rotatable bonds is 6. The van der Waals surface area contributed by atoms with Crippen LogP contribution in [-0.4, -0.2) is 31.2 Å². The predicted molar refractivity (Wildman–Crippen MR) is 150 cm³/mol. The maximum atomic E-state index is 13.6. The molecule has 0 aliphatic rings. The summed E-state index contributed by atoms with van der Waals surface area (Å²) in [6.07, 6.45) is 1.18. The Balaban J connectivity index is 1.31. The molecular weight excluding hydrogens is 526 g/mol. The van der Waals surface area contributed by atoms with Gasteiger partial charge in [0.25, 0.3) is 0 Å². The largest absolute Gasteiger partial charge is 0.425 e. The van der Waals surface area contributed by atoms with Crippen LogP contribution in [0.15, 0.2) is 97.2 Å². The van der Waals surface area contributed by atoms with Gasteiger partial charge in [-0.05, 0) is 55.0 Å². The van der Waals surface area contributed by atoms with Gasteiger partial charge in [-0.1, -0.05) is 42.5 Å². The van der Waals surface area contributed by atoms with E-state index >= 15 is 0 Å². The van der Waals surface area contributed by atoms with Crippen LogP contribution in [0.1, 0.15) is 17.1 Å². The second-order valence-electron chi connectivity index (χ2n) is 9.25. The van der Waals surface area contributed by atoms with Crippen molar-refractivity contribution in [1.29, 1.82) is 0 Å². The van der Waals surface area contributed by atoms with Gasteiger partial charge in [-0.15, -0.1) is 0 Å². The van der Waals surface area contributed by atoms with Crippen molar-refractivity contribution in [1.82, 2.24) is 25.1 Å². The lowest BCUT2D eigenvalue weighted by atomic mass is 10.1. The summed E-state index contributed by atoms with van der Waals surface area (Å²) >= 11 is 0. The highest BCUT2D eigenvalue weighted by Gasteiger charge is 2.24. The minimum Gasteiger partial charge on any atom is -0.390 e. The van der Waals surface area contributed by atoms with Gasteiger partial charge in [-0.3, -0.25) is 10.1 Å². The number of nitrogens with zero attached hydrogens (tertiary/aromatic N) is 5. The Morgan fingerprint density at radius 1 is 0.878 bits per heavy atom. The number of H-pyrrole nitrogens is 1. The van der Waals surface area contributed by atoms with Gasteiger partial charge in [0.05, 0.1) is 17.1 Å². The molecule has 10 heteroatoms. The fraction of sp³-hybridized carbons (Fsp3) is 0.0645. The third-order valence-electron chi connectivity index (χ3n) is 6.35. The molecule has 3 aromatic carbocycles. The van der Waals surface area contributed by atoms with Crippen LogP contribution in [0.25, 0.3) is 22.3 Å². The molecule has 0 unspecified atom stereocenters. The van der Waals surface area contributed by atoms with Gasteiger partial charge in [-0.2, -0.15) is 10.1 Å². The van der Waals surface area contributed by atoms with Crippen LogP contribution in [0.4, 0.5) is 25.0 Å². The van der Waals surface area contributed by atoms with Gasteiger partial charge in [0.1, 0.15) is 22.8 Å². The maximum absolute atomic E-state index is 13.6. The zero-order valence-corrected chi connectivity index (χ0v) is 21.8. The monoisotopic (exact) mass is 548 g/mol. The average molecular weight is 549 g/mol. The topological polar surface area (TPSA) is 96.9 Å². The Labute approximate surface area is 233 Å². The Hall–Kier alpha value is -5.51. The third-order valence-corrected chi connectivity index (χ3v) is 6.35. The molecule has 0 saturated heterocycles. The molecule has 0 atom stereocenters. The molecule has 0 saturated carbocycles. The molecule has 8 nitrogen and oxygen atoms in total. The number of hydrogen-bond donors (Lipinski definition) is 1. The summed E-state index contributed by atoms with van der Waals surface area (Å²) in [6, 6.07) is 25.0. The summed E-state index contributed by atoms with van der Waals surface area (Å²) in [7, 11) is 0. The second-order valence-corrected chi connectivity index (χ2v) is 9.25. The fourth-order valence-corrected chi connectivity index (χ4v) is 4.45. The summed E-state index contributed by atoms with van der Waals surface area (Å²) in [5, 5.41) is 7.62. The normalized spacial score (nSPS) is 11.0. The van der Waals surface area contributed by atoms with E-state index in [-0.39, 0.29) is 12.3 Å². The van der Waals surface area contributed by atoms with Crippen molar-refractivity contribution < 1.29 is 18.3 Å². The molecular formula is C31H22F2N6O2. The van der Waals surface area contributed by atoms with Crippen LogP contribution in [-0.2, 0) is 6.42 Å². The van der Waals surface area contributed by atoms with E-state index in [0.29, 0.717) is 45.2 Å². The molecule has 3 aromatic heterocycles. The Morgan fingerprint density at radius 3 is 2.15 bits per heavy atom. The number of carbonyl (C=O) groups is 1. The first-order chi connectivity index (χ1) is 19.9. The lowest BCUT2D eigenvalue weighted by Crippen LogP contribution is -2.29. The minimum absolute atomic E-state index is 0.0675. The molecule has 0 fully saturated rings. The Bertz CT molecular complexity index is 1790. The maximum Gasteiger partial charge on any atom is 0.425 e. The van der Waals surface area contributed by atoms with Crippen LogP contribution in [0.2, 0.25) is 0 Å². The van der Waals surface area contributed by atoms with Crippen LogP contribution < -0.4 is 9.64 Å². The lowest BCUT2D eigenvalue weighted by molar-refractivity contribution is 0.209. The van der Waals surface area contributed by atoms with Crippen molar-refractivity contribution in [2.24, 2.45) is 0 Å². The van der Waals surface area contributed by atoms with Crippen molar-refractivity contribution in [2.45, 2.75) is 13.3 Å². The molecule has 0 bridgehead atoms. The van der Waals surface area contributed by atoms with Gasteiger partial charge in [0, 0.05) is 29.9 Å². The SMILES string of the molecule is Cc1[nH]nc2nc(Cc3ccc(-c4cc(F)cc(F)c4)nc3)nc(OC(=O)N(c3ccccc3)c3ccccc3)c12. The van der Waals surface area contributed by atoms with Crippen LogP contribution in [0, 0.1) is 18.6 Å². The number of ether oxygens (including phenoxy) is 1. The third kappa shape index (κ3) is 5.48. The number of pyridine rings is 1. The molecule has 0 radical (unpaired) electrons. The standard InChI is InChI=1S/C31H22F2N6O2/c1-19-28-29(38-37-19)35-27(14-20-12-13-26(34-18-20)21-15-22(32)17-23(33)16-21)36-30(28)41-31(40)39(24-8-4-2-5-9-24)25-10-6-3-7-11-25/h2-13,15-18H,14H2,1H3,(H,35,36,37,38). The van der Waals surface area contributed by atoms with E-state index in [9.17, 15) is 13.6 Å². The highest BCUT2D eigenvalue weighted by atomic mass is 19.1. The number of carbonyl (C=O) groups excluding carboxylic acids is 1. The zero-order valence-electron chi connectivity index (χ0n) is 21.8. The van der Waals surface area contributed by atoms with E-state index in [1.54, 1.807) is 25.3 Å². The second kappa shape index (κ2) is 10.9. The molecule has 3 heterocycles. The number of benzene rings is 3. The first kappa shape index (κ1) is 25.8. The summed E-state index contributed by atoms with van der Waals surface area (Å²) in [5.74, 6) is -0.939. The first-order valence-electron chi connectivity index (χ1n) is 12.7. The van der Waals surface area contributed by atoms with E-state index in [0.717, 1.165) is 11.6 Å². The molecule has 202 valence electrons. The van der Waals surface area contributed by atoms with Gasteiger partial charge in [0.15, 0.2) is 5.65 Å². The summed E-state index contributed by atoms with van der Waals surface area (Å²) in [4.78, 5) is 28.6. The zero-order chi connectivity index (χ0) is 28.3. The fourth-order valence-electron chi connectivity index (χ4n) is 4.45. The van der Waals surface area contributed by atoms with E-state index in [2.05, 4.69) is 25.1 Å². The molecule has 1 N–H and O–H groups in total. The van der Waals surface area contributed by atoms with Gasteiger partial charge >= 0.3 is 6.09 Å². The highest BCUT2D eigenvalue weighted by Crippen LogP contribution is 2.30. The summed E-state index contributed by atoms with van der Waals surface area (Å²) in [6.45, 7) is 1.79. The highest BCUT2D eigenvalue weighted by molar-refractivity contribution is 5.98. The average Bonchev–Trinajstić information content (AvgIpc) is 3.35. The van der Waals surface area contributed by atoms with Crippen molar-refractivity contribution in [2.75, 3.05) is 4.90 Å². The van der Waals surface area contributed by atoms with Crippen LogP contribution in [0.5, 0.6) is 5.88 Å². The van der Waals surface area contributed by atoms with E-state index < -0.39 is 17.7 Å². The minimum atomic E-state index is -0.679. The molecule has 6 rings (SSSR count). The number of nitrogens with one attached hydrogen (secondary N) is 1.